The maximum Gasteiger partial charge on any atom is 0.330 e. The van der Waals surface area contributed by atoms with E-state index in [2.05, 4.69) is 5.14 Å². The van der Waals surface area contributed by atoms with E-state index in [9.17, 15) is 30.3 Å². The Labute approximate surface area is 110 Å². The molecule has 1 heterocycles. The SMILES string of the molecule is NS(=O)(=O)O.O=[N+]([O-])N1CN([N+](=O)[O-])CN([N+](=O)[O-])C1. The van der Waals surface area contributed by atoms with Crippen LogP contribution in [-0.4, -0.2) is 63.1 Å². The van der Waals surface area contributed by atoms with Crippen LogP contribution in [0.4, 0.5) is 0 Å². The largest absolute Gasteiger partial charge is 0.330 e. The van der Waals surface area contributed by atoms with E-state index in [1.165, 1.54) is 0 Å². The molecule has 0 unspecified atom stereocenters. The second kappa shape index (κ2) is 6.58. The molecular weight excluding hydrogens is 310 g/mol. The number of nitrogens with zero attached hydrogens (tertiary/aromatic N) is 6. The summed E-state index contributed by atoms with van der Waals surface area (Å²) in [7, 11) is -4.17. The van der Waals surface area contributed by atoms with E-state index in [1.54, 1.807) is 0 Å². The van der Waals surface area contributed by atoms with Crippen LogP contribution in [-0.2, 0) is 10.3 Å². The van der Waals surface area contributed by atoms with Crippen LogP contribution < -0.4 is 5.14 Å². The molecule has 1 saturated heterocycles. The zero-order chi connectivity index (χ0) is 16.1. The predicted octanol–water partition coefficient (Wildman–Crippen LogP) is -2.90. The number of hydrogen-bond donors (Lipinski definition) is 2. The lowest BCUT2D eigenvalue weighted by Gasteiger charge is -2.27. The molecular formula is C3H9N7O9S. The molecule has 1 aliphatic heterocycles. The molecule has 0 bridgehead atoms. The average molecular weight is 319 g/mol. The van der Waals surface area contributed by atoms with Gasteiger partial charge in [-0.2, -0.15) is 8.42 Å². The van der Waals surface area contributed by atoms with E-state index in [0.29, 0.717) is 15.0 Å². The van der Waals surface area contributed by atoms with Gasteiger partial charge in [-0.3, -0.25) is 4.55 Å². The van der Waals surface area contributed by atoms with Crippen molar-refractivity contribution in [2.24, 2.45) is 5.14 Å². The molecule has 16 nitrogen and oxygen atoms in total. The third kappa shape index (κ3) is 7.03. The zero-order valence-electron chi connectivity index (χ0n) is 9.50. The van der Waals surface area contributed by atoms with Gasteiger partial charge >= 0.3 is 10.3 Å². The summed E-state index contributed by atoms with van der Waals surface area (Å²) in [6, 6.07) is 0. The van der Waals surface area contributed by atoms with Crippen molar-refractivity contribution in [3.05, 3.63) is 30.3 Å². The van der Waals surface area contributed by atoms with Crippen molar-refractivity contribution in [1.29, 1.82) is 0 Å². The number of nitro groups is 3. The Hall–Kier alpha value is -2.53. The fourth-order valence-corrected chi connectivity index (χ4v) is 1.01. The molecule has 0 saturated carbocycles. The minimum absolute atomic E-state index is 0.370. The molecule has 1 fully saturated rings. The summed E-state index contributed by atoms with van der Waals surface area (Å²) >= 11 is 0. The van der Waals surface area contributed by atoms with Crippen molar-refractivity contribution in [1.82, 2.24) is 15.0 Å². The Morgan fingerprint density at radius 1 is 0.850 bits per heavy atom. The highest BCUT2D eigenvalue weighted by Gasteiger charge is 2.39. The minimum atomic E-state index is -4.17. The fraction of sp³-hybridized carbons (Fsp3) is 1.00. The van der Waals surface area contributed by atoms with Gasteiger partial charge in [-0.15, -0.1) is 0 Å². The molecule has 0 radical (unpaired) electrons. The Bertz CT molecular complexity index is 428. The van der Waals surface area contributed by atoms with Crippen LogP contribution >= 0.6 is 0 Å². The van der Waals surface area contributed by atoms with Crippen molar-refractivity contribution in [2.75, 3.05) is 20.0 Å². The highest BCUT2D eigenvalue weighted by molar-refractivity contribution is 7.83. The molecule has 20 heavy (non-hydrogen) atoms. The number of hydrazine groups is 3. The molecule has 0 aromatic carbocycles. The molecule has 0 amide bonds. The van der Waals surface area contributed by atoms with Crippen LogP contribution in [0.2, 0.25) is 0 Å². The van der Waals surface area contributed by atoms with Gasteiger partial charge in [0.25, 0.3) is 0 Å². The second-order valence-electron chi connectivity index (χ2n) is 3.17. The maximum absolute atomic E-state index is 10.3. The predicted molar refractivity (Wildman–Crippen MR) is 56.8 cm³/mol. The summed E-state index contributed by atoms with van der Waals surface area (Å²) in [5, 5.41) is 33.2. The standard InChI is InChI=1S/C3H6N6O6.H3NO3S/c10-7(11)4-1-5(8(12)13)3-6(2-4)9(14)15;1-5(2,3)4/h1-3H2;(H3,1,2,3,4). The Kier molecular flexibility index (Phi) is 5.75. The van der Waals surface area contributed by atoms with Crippen molar-refractivity contribution in [3.8, 4) is 0 Å². The lowest BCUT2D eigenvalue weighted by molar-refractivity contribution is -0.775. The second-order valence-corrected chi connectivity index (χ2v) is 4.20. The summed E-state index contributed by atoms with van der Waals surface area (Å²) in [5.41, 5.74) is 0. The van der Waals surface area contributed by atoms with Gasteiger partial charge in [0.2, 0.25) is 20.0 Å². The Balaban J connectivity index is 0.000000621. The molecule has 116 valence electrons. The lowest BCUT2D eigenvalue weighted by Crippen LogP contribution is -2.59. The molecule has 0 spiro atoms. The zero-order valence-corrected chi connectivity index (χ0v) is 10.3. The quantitative estimate of drug-likeness (QED) is 0.304. The lowest BCUT2D eigenvalue weighted by atomic mass is 10.7. The van der Waals surface area contributed by atoms with Gasteiger partial charge in [-0.25, -0.2) is 35.5 Å². The molecule has 0 aromatic heterocycles. The third-order valence-corrected chi connectivity index (χ3v) is 1.67. The molecule has 0 aromatic rings. The van der Waals surface area contributed by atoms with E-state index in [4.69, 9.17) is 13.0 Å². The van der Waals surface area contributed by atoms with E-state index in [-0.39, 0.29) is 0 Å². The van der Waals surface area contributed by atoms with Gasteiger partial charge < -0.3 is 0 Å². The van der Waals surface area contributed by atoms with Crippen LogP contribution in [0, 0.1) is 30.3 Å². The summed E-state index contributed by atoms with van der Waals surface area (Å²) in [6.45, 7) is -1.78. The summed E-state index contributed by atoms with van der Waals surface area (Å²) < 4.78 is 25.2. The summed E-state index contributed by atoms with van der Waals surface area (Å²) in [6.07, 6.45) is 0. The first-order valence-corrected chi connectivity index (χ1v) is 5.85. The molecule has 0 aliphatic carbocycles. The van der Waals surface area contributed by atoms with Crippen molar-refractivity contribution in [3.63, 3.8) is 0 Å². The van der Waals surface area contributed by atoms with Crippen LogP contribution in [0.3, 0.4) is 0 Å². The Morgan fingerprint density at radius 3 is 1.10 bits per heavy atom. The van der Waals surface area contributed by atoms with Gasteiger partial charge in [0.05, 0.1) is 0 Å². The first kappa shape index (κ1) is 17.5. The van der Waals surface area contributed by atoms with E-state index in [0.717, 1.165) is 0 Å². The van der Waals surface area contributed by atoms with Crippen LogP contribution in [0.15, 0.2) is 0 Å². The average Bonchev–Trinajstić information content (AvgIpc) is 2.25. The van der Waals surface area contributed by atoms with Gasteiger partial charge in [0.15, 0.2) is 15.1 Å². The van der Waals surface area contributed by atoms with Crippen LogP contribution in [0.5, 0.6) is 0 Å². The van der Waals surface area contributed by atoms with Crippen LogP contribution in [0.1, 0.15) is 0 Å². The van der Waals surface area contributed by atoms with Gasteiger partial charge in [-0.05, 0) is 0 Å². The number of rotatable bonds is 3. The van der Waals surface area contributed by atoms with Crippen LogP contribution in [0.25, 0.3) is 0 Å². The fourth-order valence-electron chi connectivity index (χ4n) is 1.01. The summed E-state index contributed by atoms with van der Waals surface area (Å²) in [5.74, 6) is 0. The molecule has 1 aliphatic rings. The van der Waals surface area contributed by atoms with Crippen molar-refractivity contribution < 1.29 is 28.1 Å². The normalized spacial score (nSPS) is 15.2. The van der Waals surface area contributed by atoms with Crippen molar-refractivity contribution >= 4 is 10.3 Å². The highest BCUT2D eigenvalue weighted by Crippen LogP contribution is 2.06. The molecule has 3 N–H and O–H groups in total. The van der Waals surface area contributed by atoms with E-state index in [1.807, 2.05) is 0 Å². The Morgan fingerprint density at radius 2 is 1.00 bits per heavy atom. The highest BCUT2D eigenvalue weighted by atomic mass is 32.2. The van der Waals surface area contributed by atoms with Gasteiger partial charge in [-0.1, -0.05) is 15.0 Å². The van der Waals surface area contributed by atoms with Gasteiger partial charge in [0, 0.05) is 0 Å². The van der Waals surface area contributed by atoms with E-state index < -0.39 is 45.4 Å². The first-order valence-electron chi connectivity index (χ1n) is 4.34. The van der Waals surface area contributed by atoms with Crippen molar-refractivity contribution in [2.45, 2.75) is 0 Å². The molecule has 17 heteroatoms. The number of hydrogen-bond acceptors (Lipinski definition) is 8. The van der Waals surface area contributed by atoms with E-state index >= 15 is 0 Å². The monoisotopic (exact) mass is 319 g/mol. The first-order chi connectivity index (χ1) is 8.91. The third-order valence-electron chi connectivity index (χ3n) is 1.67. The molecule has 0 atom stereocenters. The number of nitrogens with two attached hydrogens (primary N) is 1. The minimum Gasteiger partial charge on any atom is -0.274 e. The topological polar surface area (TPSA) is 220 Å². The summed E-state index contributed by atoms with van der Waals surface area (Å²) in [4.78, 5) is 31.0. The molecule has 1 rings (SSSR count). The van der Waals surface area contributed by atoms with Gasteiger partial charge in [0.1, 0.15) is 0 Å². The smallest absolute Gasteiger partial charge is 0.274 e. The maximum atomic E-state index is 10.3.